The molecule has 2 aromatic carbocycles. The fourth-order valence-corrected chi connectivity index (χ4v) is 2.28. The minimum Gasteiger partial charge on any atom is -0.398 e. The lowest BCUT2D eigenvalue weighted by Gasteiger charge is -2.07. The van der Waals surface area contributed by atoms with Gasteiger partial charge >= 0.3 is 0 Å². The van der Waals surface area contributed by atoms with E-state index in [2.05, 4.69) is 4.98 Å². The standard InChI is InChI=1S/C15H14FN3/c1-9-6-7-12(17)10(8-9)15-18-14-11(16)4-3-5-13(14)19(15)2/h3-8H,17H2,1-2H3. The van der Waals surface area contributed by atoms with Gasteiger partial charge in [-0.2, -0.15) is 0 Å². The number of nitrogens with zero attached hydrogens (tertiary/aromatic N) is 2. The highest BCUT2D eigenvalue weighted by Gasteiger charge is 2.14. The van der Waals surface area contributed by atoms with E-state index in [4.69, 9.17) is 5.73 Å². The smallest absolute Gasteiger partial charge is 0.151 e. The average molecular weight is 255 g/mol. The molecule has 2 N–H and O–H groups in total. The number of nitrogens with two attached hydrogens (primary N) is 1. The van der Waals surface area contributed by atoms with Crippen LogP contribution in [0.3, 0.4) is 0 Å². The largest absolute Gasteiger partial charge is 0.398 e. The Hall–Kier alpha value is -2.36. The predicted molar refractivity (Wildman–Crippen MR) is 75.3 cm³/mol. The summed E-state index contributed by atoms with van der Waals surface area (Å²) >= 11 is 0. The first kappa shape index (κ1) is 11.7. The van der Waals surface area contributed by atoms with Crippen LogP contribution in [0.15, 0.2) is 36.4 Å². The monoisotopic (exact) mass is 255 g/mol. The maximum atomic E-state index is 13.8. The molecular weight excluding hydrogens is 241 g/mol. The zero-order chi connectivity index (χ0) is 13.6. The van der Waals surface area contributed by atoms with Gasteiger partial charge in [0.2, 0.25) is 0 Å². The lowest BCUT2D eigenvalue weighted by atomic mass is 10.1. The van der Waals surface area contributed by atoms with E-state index in [0.717, 1.165) is 16.6 Å². The van der Waals surface area contributed by atoms with Crippen LogP contribution in [0.4, 0.5) is 10.1 Å². The number of aryl methyl sites for hydroxylation is 2. The van der Waals surface area contributed by atoms with E-state index in [1.54, 1.807) is 6.07 Å². The molecule has 1 heterocycles. The van der Waals surface area contributed by atoms with Crippen LogP contribution in [-0.2, 0) is 7.05 Å². The van der Waals surface area contributed by atoms with Crippen molar-refractivity contribution in [1.29, 1.82) is 0 Å². The summed E-state index contributed by atoms with van der Waals surface area (Å²) in [5, 5.41) is 0. The van der Waals surface area contributed by atoms with Gasteiger partial charge in [-0.1, -0.05) is 17.7 Å². The van der Waals surface area contributed by atoms with Crippen LogP contribution in [0.25, 0.3) is 22.4 Å². The molecule has 0 aliphatic heterocycles. The molecule has 96 valence electrons. The zero-order valence-corrected chi connectivity index (χ0v) is 10.8. The lowest BCUT2D eigenvalue weighted by Crippen LogP contribution is -1.97. The van der Waals surface area contributed by atoms with Crippen LogP contribution in [-0.4, -0.2) is 9.55 Å². The van der Waals surface area contributed by atoms with Crippen molar-refractivity contribution in [2.45, 2.75) is 6.92 Å². The highest BCUT2D eigenvalue weighted by Crippen LogP contribution is 2.29. The number of para-hydroxylation sites is 1. The highest BCUT2D eigenvalue weighted by molar-refractivity contribution is 5.84. The molecule has 0 bridgehead atoms. The van der Waals surface area contributed by atoms with Gasteiger partial charge < -0.3 is 10.3 Å². The molecule has 0 saturated carbocycles. The average Bonchev–Trinajstić information content (AvgIpc) is 2.72. The van der Waals surface area contributed by atoms with Crippen molar-refractivity contribution in [2.75, 3.05) is 5.73 Å². The maximum Gasteiger partial charge on any atom is 0.151 e. The lowest BCUT2D eigenvalue weighted by molar-refractivity contribution is 0.637. The van der Waals surface area contributed by atoms with Crippen molar-refractivity contribution >= 4 is 16.7 Å². The minimum absolute atomic E-state index is 0.314. The SMILES string of the molecule is Cc1ccc(N)c(-c2nc3c(F)cccc3n2C)c1. The fourth-order valence-electron chi connectivity index (χ4n) is 2.28. The molecule has 1 aromatic heterocycles. The molecule has 0 atom stereocenters. The van der Waals surface area contributed by atoms with Gasteiger partial charge in [0, 0.05) is 18.3 Å². The second-order valence-electron chi connectivity index (χ2n) is 4.69. The van der Waals surface area contributed by atoms with Gasteiger partial charge in [0.1, 0.15) is 11.3 Å². The van der Waals surface area contributed by atoms with Gasteiger partial charge in [-0.15, -0.1) is 0 Å². The molecule has 0 amide bonds. The van der Waals surface area contributed by atoms with Crippen molar-refractivity contribution in [1.82, 2.24) is 9.55 Å². The fraction of sp³-hybridized carbons (Fsp3) is 0.133. The summed E-state index contributed by atoms with van der Waals surface area (Å²) < 4.78 is 15.6. The first-order chi connectivity index (χ1) is 9.08. The Bertz CT molecular complexity index is 774. The van der Waals surface area contributed by atoms with E-state index in [9.17, 15) is 4.39 Å². The Kier molecular flexibility index (Phi) is 2.52. The van der Waals surface area contributed by atoms with E-state index >= 15 is 0 Å². The number of fused-ring (bicyclic) bond motifs is 1. The Balaban J connectivity index is 2.34. The number of benzene rings is 2. The molecule has 0 aliphatic rings. The molecule has 0 aliphatic carbocycles. The molecule has 3 nitrogen and oxygen atoms in total. The van der Waals surface area contributed by atoms with Gasteiger partial charge in [-0.05, 0) is 31.2 Å². The summed E-state index contributed by atoms with van der Waals surface area (Å²) in [4.78, 5) is 4.39. The second kappa shape index (κ2) is 4.09. The number of aromatic nitrogens is 2. The van der Waals surface area contributed by atoms with Crippen LogP contribution in [0.1, 0.15) is 5.56 Å². The Morgan fingerprint density at radius 2 is 2.00 bits per heavy atom. The predicted octanol–water partition coefficient (Wildman–Crippen LogP) is 3.27. The van der Waals surface area contributed by atoms with Gasteiger partial charge in [-0.25, -0.2) is 9.37 Å². The van der Waals surface area contributed by atoms with Crippen LogP contribution >= 0.6 is 0 Å². The van der Waals surface area contributed by atoms with E-state index in [0.29, 0.717) is 17.0 Å². The molecular formula is C15H14FN3. The zero-order valence-electron chi connectivity index (χ0n) is 10.8. The van der Waals surface area contributed by atoms with Crippen molar-refractivity contribution in [3.05, 3.63) is 47.8 Å². The maximum absolute atomic E-state index is 13.8. The number of anilines is 1. The molecule has 0 unspecified atom stereocenters. The van der Waals surface area contributed by atoms with E-state index in [-0.39, 0.29) is 5.82 Å². The van der Waals surface area contributed by atoms with Crippen LogP contribution < -0.4 is 5.73 Å². The number of imidazole rings is 1. The van der Waals surface area contributed by atoms with E-state index in [1.807, 2.05) is 42.8 Å². The summed E-state index contributed by atoms with van der Waals surface area (Å²) in [6.07, 6.45) is 0. The molecule has 19 heavy (non-hydrogen) atoms. The minimum atomic E-state index is -0.314. The van der Waals surface area contributed by atoms with Gasteiger partial charge in [0.15, 0.2) is 5.82 Å². The topological polar surface area (TPSA) is 43.8 Å². The van der Waals surface area contributed by atoms with Crippen molar-refractivity contribution in [3.8, 4) is 11.4 Å². The van der Waals surface area contributed by atoms with E-state index < -0.39 is 0 Å². The summed E-state index contributed by atoms with van der Waals surface area (Å²) in [5.74, 6) is 0.367. The first-order valence-electron chi connectivity index (χ1n) is 6.05. The quantitative estimate of drug-likeness (QED) is 0.678. The number of rotatable bonds is 1. The number of halogens is 1. The molecule has 3 aromatic rings. The number of hydrogen-bond acceptors (Lipinski definition) is 2. The van der Waals surface area contributed by atoms with Crippen molar-refractivity contribution in [3.63, 3.8) is 0 Å². The Morgan fingerprint density at radius 3 is 2.74 bits per heavy atom. The third-order valence-electron chi connectivity index (χ3n) is 3.31. The van der Waals surface area contributed by atoms with Crippen LogP contribution in [0, 0.1) is 12.7 Å². The summed E-state index contributed by atoms with van der Waals surface area (Å²) in [6.45, 7) is 1.99. The summed E-state index contributed by atoms with van der Waals surface area (Å²) in [6, 6.07) is 10.7. The van der Waals surface area contributed by atoms with Crippen molar-refractivity contribution in [2.24, 2.45) is 7.05 Å². The van der Waals surface area contributed by atoms with Gasteiger partial charge in [-0.3, -0.25) is 0 Å². The van der Waals surface area contributed by atoms with Gasteiger partial charge in [0.25, 0.3) is 0 Å². The molecule has 0 saturated heterocycles. The Labute approximate surface area is 110 Å². The van der Waals surface area contributed by atoms with Crippen LogP contribution in [0.2, 0.25) is 0 Å². The second-order valence-corrected chi connectivity index (χ2v) is 4.69. The molecule has 3 rings (SSSR count). The van der Waals surface area contributed by atoms with Crippen molar-refractivity contribution < 1.29 is 4.39 Å². The summed E-state index contributed by atoms with van der Waals surface area (Å²) in [7, 11) is 1.87. The molecule has 4 heteroatoms. The first-order valence-corrected chi connectivity index (χ1v) is 6.05. The number of hydrogen-bond donors (Lipinski definition) is 1. The molecule has 0 fully saturated rings. The Morgan fingerprint density at radius 1 is 1.21 bits per heavy atom. The molecule has 0 radical (unpaired) electrons. The highest BCUT2D eigenvalue weighted by atomic mass is 19.1. The normalized spacial score (nSPS) is 11.1. The third kappa shape index (κ3) is 1.76. The number of nitrogen functional groups attached to an aromatic ring is 1. The van der Waals surface area contributed by atoms with Gasteiger partial charge in [0.05, 0.1) is 5.52 Å². The summed E-state index contributed by atoms with van der Waals surface area (Å²) in [5.41, 5.74) is 9.71. The third-order valence-corrected chi connectivity index (χ3v) is 3.31. The van der Waals surface area contributed by atoms with Crippen LogP contribution in [0.5, 0.6) is 0 Å². The molecule has 0 spiro atoms. The van der Waals surface area contributed by atoms with E-state index in [1.165, 1.54) is 6.07 Å².